The van der Waals surface area contributed by atoms with Crippen LogP contribution < -0.4 is 0 Å². The van der Waals surface area contributed by atoms with Crippen molar-refractivity contribution in [3.8, 4) is 0 Å². The van der Waals surface area contributed by atoms with Crippen LogP contribution in [0.5, 0.6) is 0 Å². The third-order valence-corrected chi connectivity index (χ3v) is 5.71. The molecule has 0 aromatic rings. The summed E-state index contributed by atoms with van der Waals surface area (Å²) < 4.78 is 22.6. The lowest BCUT2D eigenvalue weighted by molar-refractivity contribution is 0.232. The van der Waals surface area contributed by atoms with Crippen molar-refractivity contribution in [1.82, 2.24) is 0 Å². The predicted molar refractivity (Wildman–Crippen MR) is 55.9 cm³/mol. The van der Waals surface area contributed by atoms with Crippen molar-refractivity contribution in [3.05, 3.63) is 0 Å². The second-order valence-corrected chi connectivity index (χ2v) is 6.74. The highest BCUT2D eigenvalue weighted by Gasteiger charge is 2.39. The molecule has 0 radical (unpaired) electrons. The molecule has 4 heteroatoms. The van der Waals surface area contributed by atoms with E-state index in [1.54, 1.807) is 0 Å². The highest BCUT2D eigenvalue weighted by atomic mass is 35.5. The van der Waals surface area contributed by atoms with Crippen LogP contribution in [-0.2, 0) is 9.84 Å². The lowest BCUT2D eigenvalue weighted by Gasteiger charge is -2.31. The van der Waals surface area contributed by atoms with Gasteiger partial charge in [0.1, 0.15) is 0 Å². The van der Waals surface area contributed by atoms with Crippen LogP contribution in [0, 0.1) is 11.3 Å². The molecular formula is C9H17ClO2S. The van der Waals surface area contributed by atoms with Gasteiger partial charge in [-0.2, -0.15) is 0 Å². The van der Waals surface area contributed by atoms with Gasteiger partial charge in [0, 0.05) is 5.88 Å². The van der Waals surface area contributed by atoms with E-state index in [2.05, 4.69) is 13.8 Å². The molecule has 0 spiro atoms. The Hall–Kier alpha value is 0.240. The standard InChI is InChI=1S/C9H17ClO2S/c1-3-9(2,7-10)8-4-5-13(11,12)6-8/h8H,3-7H2,1-2H3. The summed E-state index contributed by atoms with van der Waals surface area (Å²) in [6.45, 7) is 4.17. The predicted octanol–water partition coefficient (Wildman–Crippen LogP) is 2.08. The lowest BCUT2D eigenvalue weighted by Crippen LogP contribution is -2.29. The minimum absolute atomic E-state index is 0.00508. The van der Waals surface area contributed by atoms with Crippen molar-refractivity contribution >= 4 is 21.4 Å². The van der Waals surface area contributed by atoms with E-state index in [0.717, 1.165) is 12.8 Å². The summed E-state index contributed by atoms with van der Waals surface area (Å²) in [6.07, 6.45) is 1.75. The van der Waals surface area contributed by atoms with E-state index in [1.165, 1.54) is 0 Å². The maximum atomic E-state index is 11.3. The summed E-state index contributed by atoms with van der Waals surface area (Å²) >= 11 is 5.89. The van der Waals surface area contributed by atoms with Crippen LogP contribution in [0.15, 0.2) is 0 Å². The molecule has 0 amide bonds. The molecule has 1 aliphatic heterocycles. The summed E-state index contributed by atoms with van der Waals surface area (Å²) in [6, 6.07) is 0. The molecule has 0 aliphatic carbocycles. The fraction of sp³-hybridized carbons (Fsp3) is 1.00. The number of hydrogen-bond donors (Lipinski definition) is 0. The fourth-order valence-electron chi connectivity index (χ4n) is 1.84. The second-order valence-electron chi connectivity index (χ2n) is 4.24. The Morgan fingerprint density at radius 2 is 2.15 bits per heavy atom. The van der Waals surface area contributed by atoms with Crippen LogP contribution in [0.4, 0.5) is 0 Å². The maximum Gasteiger partial charge on any atom is 0.150 e. The average Bonchev–Trinajstić information content (AvgIpc) is 2.45. The number of sulfone groups is 1. The number of rotatable bonds is 3. The molecule has 0 N–H and O–H groups in total. The summed E-state index contributed by atoms with van der Waals surface area (Å²) in [5.74, 6) is 1.51. The van der Waals surface area contributed by atoms with Gasteiger partial charge in [-0.25, -0.2) is 8.42 Å². The number of alkyl halides is 1. The molecule has 0 aromatic heterocycles. The molecule has 1 aliphatic rings. The van der Waals surface area contributed by atoms with Gasteiger partial charge in [-0.3, -0.25) is 0 Å². The maximum absolute atomic E-state index is 11.3. The first kappa shape index (κ1) is 11.3. The van der Waals surface area contributed by atoms with Crippen molar-refractivity contribution in [3.63, 3.8) is 0 Å². The van der Waals surface area contributed by atoms with E-state index < -0.39 is 9.84 Å². The van der Waals surface area contributed by atoms with Crippen LogP contribution in [0.3, 0.4) is 0 Å². The van der Waals surface area contributed by atoms with E-state index in [4.69, 9.17) is 11.6 Å². The van der Waals surface area contributed by atoms with Crippen LogP contribution in [-0.4, -0.2) is 25.8 Å². The zero-order valence-electron chi connectivity index (χ0n) is 8.22. The molecule has 2 atom stereocenters. The lowest BCUT2D eigenvalue weighted by atomic mass is 9.76. The van der Waals surface area contributed by atoms with Gasteiger partial charge in [0.2, 0.25) is 0 Å². The monoisotopic (exact) mass is 224 g/mol. The van der Waals surface area contributed by atoms with Gasteiger partial charge in [-0.1, -0.05) is 13.8 Å². The third-order valence-electron chi connectivity index (χ3n) is 3.33. The SMILES string of the molecule is CCC(C)(CCl)C1CCS(=O)(=O)C1. The van der Waals surface area contributed by atoms with Crippen molar-refractivity contribution in [2.75, 3.05) is 17.4 Å². The largest absolute Gasteiger partial charge is 0.229 e. The van der Waals surface area contributed by atoms with Crippen LogP contribution in [0.2, 0.25) is 0 Å². The molecule has 0 aromatic carbocycles. The molecule has 1 fully saturated rings. The molecule has 78 valence electrons. The minimum Gasteiger partial charge on any atom is -0.229 e. The van der Waals surface area contributed by atoms with Crippen LogP contribution in [0.1, 0.15) is 26.7 Å². The molecule has 0 saturated carbocycles. The average molecular weight is 225 g/mol. The highest BCUT2D eigenvalue weighted by molar-refractivity contribution is 7.91. The highest BCUT2D eigenvalue weighted by Crippen LogP contribution is 2.39. The Morgan fingerprint density at radius 1 is 1.54 bits per heavy atom. The van der Waals surface area contributed by atoms with E-state index in [9.17, 15) is 8.42 Å². The summed E-state index contributed by atoms with van der Waals surface area (Å²) in [7, 11) is -2.76. The van der Waals surface area contributed by atoms with Crippen LogP contribution in [0.25, 0.3) is 0 Å². The Bertz CT molecular complexity index is 267. The first-order valence-corrected chi connectivity index (χ1v) is 7.05. The van der Waals surface area contributed by atoms with Gasteiger partial charge in [0.05, 0.1) is 11.5 Å². The number of halogens is 1. The smallest absolute Gasteiger partial charge is 0.150 e. The van der Waals surface area contributed by atoms with Gasteiger partial charge < -0.3 is 0 Å². The van der Waals surface area contributed by atoms with Crippen molar-refractivity contribution in [2.45, 2.75) is 26.7 Å². The third kappa shape index (κ3) is 2.38. The first-order valence-electron chi connectivity index (χ1n) is 4.70. The van der Waals surface area contributed by atoms with E-state index >= 15 is 0 Å². The molecule has 1 saturated heterocycles. The Labute approximate surface area is 85.6 Å². The zero-order chi connectivity index (χ0) is 10.1. The molecule has 0 bridgehead atoms. The van der Waals surface area contributed by atoms with Gasteiger partial charge in [0.15, 0.2) is 9.84 Å². The summed E-state index contributed by atoms with van der Waals surface area (Å²) in [4.78, 5) is 0. The van der Waals surface area contributed by atoms with Crippen LogP contribution >= 0.6 is 11.6 Å². The van der Waals surface area contributed by atoms with Crippen molar-refractivity contribution in [2.24, 2.45) is 11.3 Å². The molecular weight excluding hydrogens is 208 g/mol. The van der Waals surface area contributed by atoms with E-state index in [1.807, 2.05) is 0 Å². The van der Waals surface area contributed by atoms with E-state index in [-0.39, 0.29) is 11.3 Å². The molecule has 1 rings (SSSR count). The molecule has 2 unspecified atom stereocenters. The molecule has 2 nitrogen and oxygen atoms in total. The van der Waals surface area contributed by atoms with E-state index in [0.29, 0.717) is 17.4 Å². The van der Waals surface area contributed by atoms with Crippen molar-refractivity contribution in [1.29, 1.82) is 0 Å². The van der Waals surface area contributed by atoms with Gasteiger partial charge in [-0.15, -0.1) is 11.6 Å². The van der Waals surface area contributed by atoms with Crippen molar-refractivity contribution < 1.29 is 8.42 Å². The fourth-order valence-corrected chi connectivity index (χ4v) is 4.24. The first-order chi connectivity index (χ1) is 5.93. The van der Waals surface area contributed by atoms with Gasteiger partial charge >= 0.3 is 0 Å². The normalized spacial score (nSPS) is 31.5. The Morgan fingerprint density at radius 3 is 2.46 bits per heavy atom. The number of hydrogen-bond acceptors (Lipinski definition) is 2. The minimum atomic E-state index is -2.76. The summed E-state index contributed by atoms with van der Waals surface area (Å²) in [5.41, 5.74) is 0.00508. The Kier molecular flexibility index (Phi) is 3.29. The van der Waals surface area contributed by atoms with Gasteiger partial charge in [0.25, 0.3) is 0 Å². The topological polar surface area (TPSA) is 34.1 Å². The Balaban J connectivity index is 2.75. The molecule has 13 heavy (non-hydrogen) atoms. The zero-order valence-corrected chi connectivity index (χ0v) is 9.79. The summed E-state index contributed by atoms with van der Waals surface area (Å²) in [5, 5.41) is 0. The quantitative estimate of drug-likeness (QED) is 0.688. The molecule has 1 heterocycles. The van der Waals surface area contributed by atoms with Gasteiger partial charge in [-0.05, 0) is 24.2 Å². The second kappa shape index (κ2) is 3.77.